The van der Waals surface area contributed by atoms with E-state index < -0.39 is 26.5 Å². The Morgan fingerprint density at radius 1 is 1.13 bits per heavy atom. The van der Waals surface area contributed by atoms with Gasteiger partial charge in [-0.05, 0) is 0 Å². The first-order valence-corrected chi connectivity index (χ1v) is 21.6. The van der Waals surface area contributed by atoms with Gasteiger partial charge < -0.3 is 0 Å². The summed E-state index contributed by atoms with van der Waals surface area (Å²) in [6, 6.07) is 2.15. The van der Waals surface area contributed by atoms with Gasteiger partial charge in [-0.15, -0.1) is 0 Å². The van der Waals surface area contributed by atoms with Gasteiger partial charge in [0.2, 0.25) is 0 Å². The van der Waals surface area contributed by atoms with Gasteiger partial charge in [0.15, 0.2) is 0 Å². The molecule has 1 N–H and O–H groups in total. The van der Waals surface area contributed by atoms with E-state index in [1.54, 1.807) is 7.11 Å². The van der Waals surface area contributed by atoms with Crippen LogP contribution in [0.5, 0.6) is 11.5 Å². The summed E-state index contributed by atoms with van der Waals surface area (Å²) < 4.78 is 18.4. The van der Waals surface area contributed by atoms with Crippen molar-refractivity contribution in [1.82, 2.24) is 0 Å². The van der Waals surface area contributed by atoms with E-state index in [0.29, 0.717) is 6.61 Å². The summed E-state index contributed by atoms with van der Waals surface area (Å²) in [6.07, 6.45) is 0. The zero-order valence-electron chi connectivity index (χ0n) is 15.9. The third-order valence-electron chi connectivity index (χ3n) is 3.74. The summed E-state index contributed by atoms with van der Waals surface area (Å²) in [5, 5.41) is 11.1. The van der Waals surface area contributed by atoms with E-state index in [0.717, 1.165) is 17.1 Å². The van der Waals surface area contributed by atoms with Crippen molar-refractivity contribution in [2.24, 2.45) is 0 Å². The predicted molar refractivity (Wildman–Crippen MR) is 102 cm³/mol. The molecule has 0 radical (unpaired) electrons. The molecule has 0 unspecified atom stereocenters. The summed E-state index contributed by atoms with van der Waals surface area (Å²) in [7, 11) is 0.0604. The van der Waals surface area contributed by atoms with Crippen LogP contribution >= 0.6 is 0 Å². The van der Waals surface area contributed by atoms with Crippen LogP contribution in [0, 0.1) is 0 Å². The monoisotopic (exact) mass is 448 g/mol. The van der Waals surface area contributed by atoms with Crippen LogP contribution in [0.3, 0.4) is 0 Å². The van der Waals surface area contributed by atoms with E-state index in [9.17, 15) is 5.11 Å². The first-order valence-electron chi connectivity index (χ1n) is 8.14. The zero-order valence-corrected chi connectivity index (χ0v) is 19.7. The Hall–Kier alpha value is -0.244. The number of methoxy groups -OCH3 is 1. The first-order chi connectivity index (χ1) is 10.6. The Labute approximate surface area is 146 Å². The molecule has 0 saturated carbocycles. The molecule has 0 aliphatic heterocycles. The van der Waals surface area contributed by atoms with Crippen LogP contribution in [-0.2, 0) is 11.3 Å². The van der Waals surface area contributed by atoms with Crippen LogP contribution in [-0.4, -0.2) is 52.1 Å². The first kappa shape index (κ1) is 20.8. The average Bonchev–Trinajstić information content (AvgIpc) is 2.43. The number of aliphatic hydroxyl groups excluding tert-OH is 1. The van der Waals surface area contributed by atoms with E-state index in [4.69, 9.17) is 14.2 Å². The number of aliphatic hydroxyl groups is 1. The third kappa shape index (κ3) is 5.11. The van der Waals surface area contributed by atoms with Gasteiger partial charge in [-0.3, -0.25) is 0 Å². The van der Waals surface area contributed by atoms with Crippen molar-refractivity contribution >= 4 is 35.2 Å². The van der Waals surface area contributed by atoms with Gasteiger partial charge in [0, 0.05) is 0 Å². The van der Waals surface area contributed by atoms with Crippen LogP contribution in [0.2, 0.25) is 34.5 Å². The van der Waals surface area contributed by atoms with Gasteiger partial charge in [0.25, 0.3) is 0 Å². The molecule has 1 aromatic rings. The Morgan fingerprint density at radius 2 is 1.74 bits per heavy atom. The fourth-order valence-electron chi connectivity index (χ4n) is 2.72. The van der Waals surface area contributed by atoms with Gasteiger partial charge in [-0.1, -0.05) is 0 Å². The maximum absolute atomic E-state index is 9.95. The van der Waals surface area contributed by atoms with E-state index in [-0.39, 0.29) is 13.4 Å². The molecule has 4 nitrogen and oxygen atoms in total. The molecular formula is C17H32O4SiSn. The molecule has 1 aromatic carbocycles. The molecule has 6 heteroatoms. The quantitative estimate of drug-likeness (QED) is 0.378. The molecule has 0 bridgehead atoms. The number of benzene rings is 1. The molecule has 0 heterocycles. The van der Waals surface area contributed by atoms with Gasteiger partial charge in [-0.2, -0.15) is 0 Å². The van der Waals surface area contributed by atoms with Gasteiger partial charge in [-0.25, -0.2) is 0 Å². The van der Waals surface area contributed by atoms with Gasteiger partial charge in [0.1, 0.15) is 0 Å². The molecule has 0 aliphatic carbocycles. The number of hydrogen-bond acceptors (Lipinski definition) is 4. The molecule has 0 aromatic heterocycles. The fourth-order valence-corrected chi connectivity index (χ4v) is 9.88. The zero-order chi connectivity index (χ0) is 17.8. The molecule has 0 atom stereocenters. The molecule has 0 aliphatic rings. The Morgan fingerprint density at radius 3 is 2.13 bits per heavy atom. The molecule has 0 spiro atoms. The van der Waals surface area contributed by atoms with Crippen LogP contribution < -0.4 is 18.2 Å². The fraction of sp³-hybridized carbons (Fsp3) is 0.647. The molecule has 0 saturated heterocycles. The Balaban J connectivity index is 3.67. The average molecular weight is 447 g/mol. The van der Waals surface area contributed by atoms with E-state index in [1.807, 2.05) is 6.92 Å². The summed E-state index contributed by atoms with van der Waals surface area (Å²) in [5.74, 6) is 1.64. The van der Waals surface area contributed by atoms with Crippen molar-refractivity contribution in [2.75, 3.05) is 20.5 Å². The SMILES string of the molecule is CCOCOc1c(OC)c([Si](C)(C)C)cc(CO)[c]1[Sn]([CH3])([CH3])[CH3]. The van der Waals surface area contributed by atoms with Crippen LogP contribution in [0.15, 0.2) is 6.07 Å². The molecule has 1 rings (SSSR count). The van der Waals surface area contributed by atoms with Crippen LogP contribution in [0.4, 0.5) is 0 Å². The minimum absolute atomic E-state index is 0.0377. The topological polar surface area (TPSA) is 47.9 Å². The van der Waals surface area contributed by atoms with Crippen molar-refractivity contribution in [3.8, 4) is 11.5 Å². The summed E-state index contributed by atoms with van der Waals surface area (Å²) in [4.78, 5) is 6.97. The molecule has 0 fully saturated rings. The van der Waals surface area contributed by atoms with Gasteiger partial charge in [0.05, 0.1) is 0 Å². The Kier molecular flexibility index (Phi) is 7.44. The second kappa shape index (κ2) is 8.23. The Bertz CT molecular complexity index is 533. The number of ether oxygens (including phenoxy) is 3. The van der Waals surface area contributed by atoms with Crippen molar-refractivity contribution in [1.29, 1.82) is 0 Å². The number of rotatable bonds is 8. The van der Waals surface area contributed by atoms with Crippen molar-refractivity contribution in [3.63, 3.8) is 0 Å². The summed E-state index contributed by atoms with van der Waals surface area (Å²) in [5.41, 5.74) is 0.998. The maximum atomic E-state index is 9.95. The van der Waals surface area contributed by atoms with Crippen molar-refractivity contribution in [3.05, 3.63) is 11.6 Å². The van der Waals surface area contributed by atoms with Crippen LogP contribution in [0.25, 0.3) is 0 Å². The van der Waals surface area contributed by atoms with Gasteiger partial charge >= 0.3 is 146 Å². The summed E-state index contributed by atoms with van der Waals surface area (Å²) >= 11 is -2.54. The second-order valence-electron chi connectivity index (χ2n) is 7.73. The molecule has 0 amide bonds. The van der Waals surface area contributed by atoms with E-state index in [1.165, 1.54) is 8.77 Å². The minimum atomic E-state index is -2.54. The summed E-state index contributed by atoms with van der Waals surface area (Å²) in [6.45, 7) is 9.63. The van der Waals surface area contributed by atoms with Crippen LogP contribution in [0.1, 0.15) is 12.5 Å². The predicted octanol–water partition coefficient (Wildman–Crippen LogP) is 2.65. The second-order valence-corrected chi connectivity index (χ2v) is 27.0. The normalized spacial score (nSPS) is 12.4. The number of hydrogen-bond donors (Lipinski definition) is 1. The van der Waals surface area contributed by atoms with Crippen molar-refractivity contribution < 1.29 is 19.3 Å². The third-order valence-corrected chi connectivity index (χ3v) is 11.6. The van der Waals surface area contributed by atoms with E-state index >= 15 is 0 Å². The standard InChI is InChI=1S/C14H23O4Si.3CH3.Sn/c1-6-17-10-18-12-7-11(9-15)8-13(14(12)16-2)19(3,4)5;;;;/h8,15H,6,9-10H2,1-5H3;3*1H3;. The van der Waals surface area contributed by atoms with Crippen molar-refractivity contribution in [2.45, 2.75) is 48.0 Å². The molecule has 23 heavy (non-hydrogen) atoms. The molecule has 132 valence electrons. The molecular weight excluding hydrogens is 415 g/mol. The van der Waals surface area contributed by atoms with E-state index in [2.05, 4.69) is 40.5 Å².